The predicted molar refractivity (Wildman–Crippen MR) is 74.2 cm³/mol. The number of benzene rings is 1. The van der Waals surface area contributed by atoms with E-state index in [9.17, 15) is 0 Å². The summed E-state index contributed by atoms with van der Waals surface area (Å²) in [7, 11) is -1.41. The predicted octanol–water partition coefficient (Wildman–Crippen LogP) is 3.04. The van der Waals surface area contributed by atoms with Gasteiger partial charge in [0.15, 0.2) is 0 Å². The van der Waals surface area contributed by atoms with Crippen LogP contribution >= 0.6 is 0 Å². The van der Waals surface area contributed by atoms with Gasteiger partial charge in [0.1, 0.15) is 8.07 Å². The van der Waals surface area contributed by atoms with E-state index in [0.29, 0.717) is 11.9 Å². The number of nitrogens with one attached hydrogen (secondary N) is 1. The number of hydrogen-bond acceptors (Lipinski definition) is 4. The SMILES string of the molecule is C[Si](C)(C)C#Cc1nnc(Nc2ccccc2)o1. The van der Waals surface area contributed by atoms with Crippen molar-refractivity contribution in [3.63, 3.8) is 0 Å². The lowest BCUT2D eigenvalue weighted by Crippen LogP contribution is -2.16. The molecule has 1 N–H and O–H groups in total. The Kier molecular flexibility index (Phi) is 3.49. The molecule has 0 aliphatic heterocycles. The number of nitrogens with zero attached hydrogens (tertiary/aromatic N) is 2. The summed E-state index contributed by atoms with van der Waals surface area (Å²) < 4.78 is 5.40. The Labute approximate surface area is 107 Å². The lowest BCUT2D eigenvalue weighted by molar-refractivity contribution is 0.558. The van der Waals surface area contributed by atoms with Gasteiger partial charge in [-0.2, -0.15) is 0 Å². The molecule has 1 heterocycles. The van der Waals surface area contributed by atoms with Crippen LogP contribution in [0.3, 0.4) is 0 Å². The van der Waals surface area contributed by atoms with E-state index in [1.807, 2.05) is 30.3 Å². The van der Waals surface area contributed by atoms with Gasteiger partial charge in [0.25, 0.3) is 5.89 Å². The summed E-state index contributed by atoms with van der Waals surface area (Å²) in [5.41, 5.74) is 4.09. The average Bonchev–Trinajstić information content (AvgIpc) is 2.75. The zero-order chi connectivity index (χ0) is 13.0. The van der Waals surface area contributed by atoms with Gasteiger partial charge in [-0.1, -0.05) is 48.0 Å². The molecule has 0 unspecified atom stereocenters. The Hall–Kier alpha value is -2.06. The third-order valence-corrected chi connectivity index (χ3v) is 2.87. The van der Waals surface area contributed by atoms with Gasteiger partial charge in [0, 0.05) is 5.69 Å². The fourth-order valence-electron chi connectivity index (χ4n) is 1.21. The summed E-state index contributed by atoms with van der Waals surface area (Å²) in [5.74, 6) is 3.28. The highest BCUT2D eigenvalue weighted by atomic mass is 28.3. The minimum absolute atomic E-state index is 0.357. The fraction of sp³-hybridized carbons (Fsp3) is 0.231. The second kappa shape index (κ2) is 5.06. The van der Waals surface area contributed by atoms with Crippen LogP contribution in [-0.2, 0) is 0 Å². The van der Waals surface area contributed by atoms with Crippen LogP contribution in [0, 0.1) is 11.5 Å². The van der Waals surface area contributed by atoms with E-state index >= 15 is 0 Å². The molecule has 0 radical (unpaired) electrons. The zero-order valence-electron chi connectivity index (χ0n) is 10.7. The molecule has 0 spiro atoms. The van der Waals surface area contributed by atoms with Crippen molar-refractivity contribution in [1.29, 1.82) is 0 Å². The first kappa shape index (κ1) is 12.4. The van der Waals surface area contributed by atoms with Crippen molar-refractivity contribution in [2.24, 2.45) is 0 Å². The van der Waals surface area contributed by atoms with Crippen LogP contribution in [0.1, 0.15) is 5.89 Å². The van der Waals surface area contributed by atoms with Crippen molar-refractivity contribution in [2.75, 3.05) is 5.32 Å². The third-order valence-electron chi connectivity index (χ3n) is 1.99. The molecule has 0 saturated carbocycles. The van der Waals surface area contributed by atoms with Crippen LogP contribution in [0.25, 0.3) is 0 Å². The van der Waals surface area contributed by atoms with Crippen molar-refractivity contribution < 1.29 is 4.42 Å². The smallest absolute Gasteiger partial charge is 0.320 e. The number of rotatable bonds is 2. The number of aromatic nitrogens is 2. The first-order valence-electron chi connectivity index (χ1n) is 5.72. The molecule has 0 aliphatic carbocycles. The molecular weight excluding hydrogens is 242 g/mol. The first-order chi connectivity index (χ1) is 8.53. The van der Waals surface area contributed by atoms with Crippen LogP contribution in [0.5, 0.6) is 0 Å². The molecule has 92 valence electrons. The van der Waals surface area contributed by atoms with Gasteiger partial charge in [-0.25, -0.2) is 0 Å². The fourth-order valence-corrected chi connectivity index (χ4v) is 1.69. The Morgan fingerprint density at radius 3 is 2.50 bits per heavy atom. The first-order valence-corrected chi connectivity index (χ1v) is 9.22. The average molecular weight is 257 g/mol. The Balaban J connectivity index is 2.09. The summed E-state index contributed by atoms with van der Waals surface area (Å²) in [4.78, 5) is 0. The Morgan fingerprint density at radius 1 is 1.11 bits per heavy atom. The largest absolute Gasteiger partial charge is 0.396 e. The van der Waals surface area contributed by atoms with Crippen molar-refractivity contribution in [2.45, 2.75) is 19.6 Å². The van der Waals surface area contributed by atoms with Crippen LogP contribution in [0.15, 0.2) is 34.7 Å². The van der Waals surface area contributed by atoms with Gasteiger partial charge in [-0.05, 0) is 18.1 Å². The van der Waals surface area contributed by atoms with Crippen LogP contribution in [0.2, 0.25) is 19.6 Å². The highest BCUT2D eigenvalue weighted by Crippen LogP contribution is 2.13. The van der Waals surface area contributed by atoms with E-state index < -0.39 is 8.07 Å². The van der Waals surface area contributed by atoms with Crippen molar-refractivity contribution >= 4 is 19.8 Å². The summed E-state index contributed by atoms with van der Waals surface area (Å²) in [6.07, 6.45) is 0. The van der Waals surface area contributed by atoms with E-state index in [4.69, 9.17) is 4.42 Å². The maximum Gasteiger partial charge on any atom is 0.320 e. The normalized spacial score (nSPS) is 10.6. The molecule has 0 fully saturated rings. The minimum atomic E-state index is -1.41. The lowest BCUT2D eigenvalue weighted by Gasteiger charge is -2.02. The van der Waals surface area contributed by atoms with Crippen molar-refractivity contribution in [3.8, 4) is 11.5 Å². The maximum atomic E-state index is 5.40. The second-order valence-electron chi connectivity index (χ2n) is 4.90. The lowest BCUT2D eigenvalue weighted by atomic mass is 10.3. The summed E-state index contributed by atoms with van der Waals surface area (Å²) >= 11 is 0. The molecule has 5 heteroatoms. The van der Waals surface area contributed by atoms with Gasteiger partial charge in [-0.15, -0.1) is 5.54 Å². The number of para-hydroxylation sites is 1. The molecule has 2 rings (SSSR count). The molecule has 18 heavy (non-hydrogen) atoms. The highest BCUT2D eigenvalue weighted by Gasteiger charge is 2.09. The van der Waals surface area contributed by atoms with E-state index in [2.05, 4.69) is 46.6 Å². The van der Waals surface area contributed by atoms with Gasteiger partial charge >= 0.3 is 6.01 Å². The molecule has 0 saturated heterocycles. The molecule has 0 bridgehead atoms. The maximum absolute atomic E-state index is 5.40. The molecule has 0 atom stereocenters. The van der Waals surface area contributed by atoms with Crippen molar-refractivity contribution in [1.82, 2.24) is 10.2 Å². The van der Waals surface area contributed by atoms with Gasteiger partial charge in [0.05, 0.1) is 0 Å². The van der Waals surface area contributed by atoms with E-state index in [1.54, 1.807) is 0 Å². The van der Waals surface area contributed by atoms with E-state index in [1.165, 1.54) is 0 Å². The van der Waals surface area contributed by atoms with Crippen LogP contribution < -0.4 is 5.32 Å². The molecule has 4 nitrogen and oxygen atoms in total. The zero-order valence-corrected chi connectivity index (χ0v) is 11.7. The molecule has 0 amide bonds. The summed E-state index contributed by atoms with van der Waals surface area (Å²) in [6.45, 7) is 6.50. The minimum Gasteiger partial charge on any atom is -0.396 e. The standard InChI is InChI=1S/C13H15N3OSi/c1-18(2,3)10-9-12-15-16-13(17-12)14-11-7-5-4-6-8-11/h4-8H,1-3H3,(H,14,16). The molecule has 2 aromatic rings. The van der Waals surface area contributed by atoms with Crippen molar-refractivity contribution in [3.05, 3.63) is 36.2 Å². The van der Waals surface area contributed by atoms with Crippen LogP contribution in [0.4, 0.5) is 11.7 Å². The Morgan fingerprint density at radius 2 is 1.83 bits per heavy atom. The molecule has 0 aliphatic rings. The highest BCUT2D eigenvalue weighted by molar-refractivity contribution is 6.83. The van der Waals surface area contributed by atoms with Gasteiger partial charge in [0.2, 0.25) is 0 Å². The molecular formula is C13H15N3OSi. The summed E-state index contributed by atoms with van der Waals surface area (Å²) in [5, 5.41) is 10.8. The molecule has 1 aromatic carbocycles. The van der Waals surface area contributed by atoms with E-state index in [-0.39, 0.29) is 0 Å². The monoisotopic (exact) mass is 257 g/mol. The van der Waals surface area contributed by atoms with Gasteiger partial charge in [-0.3, -0.25) is 0 Å². The second-order valence-corrected chi connectivity index (χ2v) is 9.65. The molecule has 1 aromatic heterocycles. The summed E-state index contributed by atoms with van der Waals surface area (Å²) in [6, 6.07) is 10.0. The topological polar surface area (TPSA) is 51.0 Å². The number of hydrogen-bond donors (Lipinski definition) is 1. The van der Waals surface area contributed by atoms with E-state index in [0.717, 1.165) is 5.69 Å². The Bertz CT molecular complexity index is 576. The van der Waals surface area contributed by atoms with Crippen LogP contribution in [-0.4, -0.2) is 18.3 Å². The van der Waals surface area contributed by atoms with Gasteiger partial charge < -0.3 is 9.73 Å². The quantitative estimate of drug-likeness (QED) is 0.663. The third kappa shape index (κ3) is 3.75. The number of anilines is 2.